The predicted molar refractivity (Wildman–Crippen MR) is 78.0 cm³/mol. The standard InChI is InChI=1S/C17H18N2O/c18-16(20)17(12-13-9-10-13,14-6-2-1-3-7-14)15-8-4-5-11-19-15/h1-8,11,13H,9-10,12H2,(H2,18,20). The number of hydrogen-bond donors (Lipinski definition) is 1. The smallest absolute Gasteiger partial charge is 0.234 e. The van der Waals surface area contributed by atoms with Gasteiger partial charge in [-0.15, -0.1) is 0 Å². The van der Waals surface area contributed by atoms with Gasteiger partial charge >= 0.3 is 0 Å². The average Bonchev–Trinajstić information content (AvgIpc) is 3.30. The summed E-state index contributed by atoms with van der Waals surface area (Å²) in [6.07, 6.45) is 4.83. The van der Waals surface area contributed by atoms with E-state index in [1.165, 1.54) is 12.8 Å². The van der Waals surface area contributed by atoms with Crippen molar-refractivity contribution in [3.63, 3.8) is 0 Å². The Labute approximate surface area is 118 Å². The quantitative estimate of drug-likeness (QED) is 0.904. The number of hydrogen-bond acceptors (Lipinski definition) is 2. The van der Waals surface area contributed by atoms with Crippen LogP contribution in [0.25, 0.3) is 0 Å². The molecule has 1 aromatic carbocycles. The van der Waals surface area contributed by atoms with E-state index in [1.54, 1.807) is 6.20 Å². The van der Waals surface area contributed by atoms with E-state index in [9.17, 15) is 4.79 Å². The highest BCUT2D eigenvalue weighted by atomic mass is 16.1. The van der Waals surface area contributed by atoms with Crippen molar-refractivity contribution in [3.8, 4) is 0 Å². The van der Waals surface area contributed by atoms with E-state index >= 15 is 0 Å². The Hall–Kier alpha value is -2.16. The number of carbonyl (C=O) groups is 1. The summed E-state index contributed by atoms with van der Waals surface area (Å²) in [4.78, 5) is 16.8. The Kier molecular flexibility index (Phi) is 3.26. The molecule has 1 unspecified atom stereocenters. The lowest BCUT2D eigenvalue weighted by molar-refractivity contribution is -0.122. The van der Waals surface area contributed by atoms with Crippen molar-refractivity contribution >= 4 is 5.91 Å². The van der Waals surface area contributed by atoms with E-state index < -0.39 is 5.41 Å². The number of carbonyl (C=O) groups excluding carboxylic acids is 1. The van der Waals surface area contributed by atoms with Gasteiger partial charge in [0.1, 0.15) is 5.41 Å². The van der Waals surface area contributed by atoms with Crippen molar-refractivity contribution in [1.82, 2.24) is 4.98 Å². The summed E-state index contributed by atoms with van der Waals surface area (Å²) < 4.78 is 0. The number of rotatable bonds is 5. The lowest BCUT2D eigenvalue weighted by Crippen LogP contribution is -2.43. The van der Waals surface area contributed by atoms with Crippen LogP contribution in [0.1, 0.15) is 30.5 Å². The van der Waals surface area contributed by atoms with Gasteiger partial charge in [-0.3, -0.25) is 9.78 Å². The first-order chi connectivity index (χ1) is 9.73. The molecule has 1 saturated carbocycles. The molecule has 0 spiro atoms. The number of primary amides is 1. The van der Waals surface area contributed by atoms with Gasteiger partial charge in [0.25, 0.3) is 0 Å². The summed E-state index contributed by atoms with van der Waals surface area (Å²) in [7, 11) is 0. The number of nitrogens with zero attached hydrogens (tertiary/aromatic N) is 1. The van der Waals surface area contributed by atoms with Crippen LogP contribution in [-0.2, 0) is 10.2 Å². The molecule has 102 valence electrons. The van der Waals surface area contributed by atoms with Crippen LogP contribution in [0, 0.1) is 5.92 Å². The lowest BCUT2D eigenvalue weighted by atomic mass is 9.72. The van der Waals surface area contributed by atoms with E-state index in [1.807, 2.05) is 48.5 Å². The largest absolute Gasteiger partial charge is 0.369 e. The summed E-state index contributed by atoms with van der Waals surface area (Å²) in [5, 5.41) is 0. The Morgan fingerprint density at radius 3 is 2.40 bits per heavy atom. The van der Waals surface area contributed by atoms with E-state index in [-0.39, 0.29) is 5.91 Å². The predicted octanol–water partition coefficient (Wildman–Crippen LogP) is 2.65. The van der Waals surface area contributed by atoms with Crippen LogP contribution in [0.3, 0.4) is 0 Å². The van der Waals surface area contributed by atoms with E-state index in [2.05, 4.69) is 4.98 Å². The molecule has 1 aliphatic rings. The van der Waals surface area contributed by atoms with Gasteiger partial charge in [-0.1, -0.05) is 49.2 Å². The first kappa shape index (κ1) is 12.9. The normalized spacial score (nSPS) is 17.4. The number of nitrogens with two attached hydrogens (primary N) is 1. The van der Waals surface area contributed by atoms with E-state index in [0.29, 0.717) is 5.92 Å². The second kappa shape index (κ2) is 5.08. The SMILES string of the molecule is NC(=O)C(CC1CC1)(c1ccccc1)c1ccccn1. The molecular formula is C17H18N2O. The number of benzene rings is 1. The van der Waals surface area contributed by atoms with Gasteiger partial charge in [0.2, 0.25) is 5.91 Å². The topological polar surface area (TPSA) is 56.0 Å². The lowest BCUT2D eigenvalue weighted by Gasteiger charge is -2.31. The maximum Gasteiger partial charge on any atom is 0.234 e. The summed E-state index contributed by atoms with van der Waals surface area (Å²) in [6.45, 7) is 0. The summed E-state index contributed by atoms with van der Waals surface area (Å²) in [5.41, 5.74) is 6.73. The molecule has 1 fully saturated rings. The zero-order chi connectivity index (χ0) is 14.0. The maximum atomic E-state index is 12.4. The minimum Gasteiger partial charge on any atom is -0.369 e. The third-order valence-corrected chi connectivity index (χ3v) is 4.08. The zero-order valence-corrected chi connectivity index (χ0v) is 11.3. The fourth-order valence-corrected chi connectivity index (χ4v) is 2.83. The fraction of sp³-hybridized carbons (Fsp3) is 0.294. The van der Waals surface area contributed by atoms with Crippen LogP contribution < -0.4 is 5.73 Å². The van der Waals surface area contributed by atoms with Crippen molar-refractivity contribution in [2.24, 2.45) is 11.7 Å². The third-order valence-electron chi connectivity index (χ3n) is 4.08. The Balaban J connectivity index is 2.16. The van der Waals surface area contributed by atoms with Crippen LogP contribution in [0.4, 0.5) is 0 Å². The highest BCUT2D eigenvalue weighted by Crippen LogP contribution is 2.45. The molecule has 2 aromatic rings. The van der Waals surface area contributed by atoms with E-state index in [4.69, 9.17) is 5.73 Å². The van der Waals surface area contributed by atoms with Gasteiger partial charge in [0.15, 0.2) is 0 Å². The van der Waals surface area contributed by atoms with Gasteiger partial charge in [0.05, 0.1) is 5.69 Å². The summed E-state index contributed by atoms with van der Waals surface area (Å²) in [6, 6.07) is 15.5. The molecule has 3 heteroatoms. The zero-order valence-electron chi connectivity index (χ0n) is 11.3. The number of pyridine rings is 1. The van der Waals surface area contributed by atoms with E-state index in [0.717, 1.165) is 17.7 Å². The van der Waals surface area contributed by atoms with Crippen molar-refractivity contribution in [2.75, 3.05) is 0 Å². The summed E-state index contributed by atoms with van der Waals surface area (Å²) in [5.74, 6) is 0.263. The first-order valence-corrected chi connectivity index (χ1v) is 7.00. The minimum atomic E-state index is -0.802. The van der Waals surface area contributed by atoms with Gasteiger partial charge < -0.3 is 5.73 Å². The molecule has 0 radical (unpaired) electrons. The molecule has 3 rings (SSSR count). The van der Waals surface area contributed by atoms with Crippen molar-refractivity contribution in [1.29, 1.82) is 0 Å². The van der Waals surface area contributed by atoms with Crippen LogP contribution in [0.5, 0.6) is 0 Å². The molecule has 0 bridgehead atoms. The van der Waals surface area contributed by atoms with Gasteiger partial charge in [-0.25, -0.2) is 0 Å². The molecule has 20 heavy (non-hydrogen) atoms. The molecule has 1 aromatic heterocycles. The van der Waals surface area contributed by atoms with Crippen LogP contribution in [-0.4, -0.2) is 10.9 Å². The number of aromatic nitrogens is 1. The van der Waals surface area contributed by atoms with Crippen LogP contribution in [0.2, 0.25) is 0 Å². The second-order valence-corrected chi connectivity index (χ2v) is 5.50. The molecule has 0 saturated heterocycles. The molecule has 3 nitrogen and oxygen atoms in total. The summed E-state index contributed by atoms with van der Waals surface area (Å²) >= 11 is 0. The Morgan fingerprint density at radius 2 is 1.85 bits per heavy atom. The third kappa shape index (κ3) is 2.20. The highest BCUT2D eigenvalue weighted by molar-refractivity contribution is 5.90. The molecule has 1 aliphatic carbocycles. The van der Waals surface area contributed by atoms with Crippen molar-refractivity contribution in [2.45, 2.75) is 24.7 Å². The minimum absolute atomic E-state index is 0.311. The Morgan fingerprint density at radius 1 is 1.15 bits per heavy atom. The van der Waals surface area contributed by atoms with Crippen LogP contribution >= 0.6 is 0 Å². The van der Waals surface area contributed by atoms with Crippen LogP contribution in [0.15, 0.2) is 54.7 Å². The average molecular weight is 266 g/mol. The maximum absolute atomic E-state index is 12.4. The molecule has 0 aliphatic heterocycles. The second-order valence-electron chi connectivity index (χ2n) is 5.50. The molecule has 1 atom stereocenters. The highest BCUT2D eigenvalue weighted by Gasteiger charge is 2.45. The molecular weight excluding hydrogens is 248 g/mol. The molecule has 1 amide bonds. The van der Waals surface area contributed by atoms with Gasteiger partial charge in [-0.05, 0) is 30.0 Å². The Bertz CT molecular complexity index is 551. The first-order valence-electron chi connectivity index (χ1n) is 7.00. The van der Waals surface area contributed by atoms with Crippen molar-refractivity contribution in [3.05, 3.63) is 66.0 Å². The monoisotopic (exact) mass is 266 g/mol. The molecule has 1 heterocycles. The number of amides is 1. The van der Waals surface area contributed by atoms with Gasteiger partial charge in [0, 0.05) is 6.20 Å². The fourth-order valence-electron chi connectivity index (χ4n) is 2.83. The van der Waals surface area contributed by atoms with Crippen molar-refractivity contribution < 1.29 is 4.79 Å². The van der Waals surface area contributed by atoms with Gasteiger partial charge in [-0.2, -0.15) is 0 Å². The molecule has 2 N–H and O–H groups in total.